The van der Waals surface area contributed by atoms with Crippen LogP contribution in [-0.2, 0) is 16.0 Å². The van der Waals surface area contributed by atoms with E-state index < -0.39 is 5.60 Å². The predicted octanol–water partition coefficient (Wildman–Crippen LogP) is 3.60. The third kappa shape index (κ3) is 4.96. The van der Waals surface area contributed by atoms with E-state index in [0.29, 0.717) is 18.7 Å². The van der Waals surface area contributed by atoms with E-state index in [0.717, 1.165) is 16.7 Å². The van der Waals surface area contributed by atoms with Crippen molar-refractivity contribution in [1.82, 2.24) is 14.8 Å². The predicted molar refractivity (Wildman–Crippen MR) is 128 cm³/mol. The number of hydrogen-bond donors (Lipinski definition) is 0. The highest BCUT2D eigenvalue weighted by Gasteiger charge is 2.46. The Balaban J connectivity index is 1.64. The fourth-order valence-electron chi connectivity index (χ4n) is 4.26. The van der Waals surface area contributed by atoms with Crippen molar-refractivity contribution in [2.75, 3.05) is 33.8 Å². The molecule has 1 aliphatic rings. The van der Waals surface area contributed by atoms with E-state index in [1.165, 1.54) is 5.56 Å². The molecular formula is C27H29N3O3. The SMILES string of the molecule is Cc1ccc(-c2cccc(C[C@]3(C(=O)N(C)C)CN(C(=O)c4ccccn4)CCO3)c2)cc1. The molecule has 0 N–H and O–H groups in total. The number of carbonyl (C=O) groups excluding carboxylic acids is 2. The van der Waals surface area contributed by atoms with E-state index in [-0.39, 0.29) is 25.0 Å². The molecule has 1 atom stereocenters. The largest absolute Gasteiger partial charge is 0.361 e. The highest BCUT2D eigenvalue weighted by Crippen LogP contribution is 2.29. The monoisotopic (exact) mass is 443 g/mol. The maximum Gasteiger partial charge on any atom is 0.272 e. The summed E-state index contributed by atoms with van der Waals surface area (Å²) in [5.74, 6) is -0.343. The topological polar surface area (TPSA) is 62.7 Å². The molecule has 170 valence electrons. The number of rotatable bonds is 5. The molecule has 0 aliphatic carbocycles. The summed E-state index contributed by atoms with van der Waals surface area (Å²) < 4.78 is 6.16. The molecule has 1 fully saturated rings. The van der Waals surface area contributed by atoms with Gasteiger partial charge in [-0.25, -0.2) is 0 Å². The van der Waals surface area contributed by atoms with Gasteiger partial charge in [0, 0.05) is 33.3 Å². The summed E-state index contributed by atoms with van der Waals surface area (Å²) in [6.45, 7) is 2.94. The Kier molecular flexibility index (Phi) is 6.56. The second-order valence-corrected chi connectivity index (χ2v) is 8.73. The maximum atomic E-state index is 13.4. The summed E-state index contributed by atoms with van der Waals surface area (Å²) in [5, 5.41) is 0. The molecule has 1 aromatic heterocycles. The Morgan fingerprint density at radius 2 is 1.82 bits per heavy atom. The minimum absolute atomic E-state index is 0.151. The summed E-state index contributed by atoms with van der Waals surface area (Å²) >= 11 is 0. The quantitative estimate of drug-likeness (QED) is 0.605. The van der Waals surface area contributed by atoms with Crippen LogP contribution in [0.5, 0.6) is 0 Å². The number of amides is 2. The number of benzene rings is 2. The van der Waals surface area contributed by atoms with E-state index in [1.807, 2.05) is 12.1 Å². The van der Waals surface area contributed by atoms with Crippen molar-refractivity contribution in [3.8, 4) is 11.1 Å². The number of hydrogen-bond acceptors (Lipinski definition) is 4. The number of morpholine rings is 1. The average Bonchev–Trinajstić information content (AvgIpc) is 2.84. The minimum Gasteiger partial charge on any atom is -0.361 e. The lowest BCUT2D eigenvalue weighted by molar-refractivity contribution is -0.165. The van der Waals surface area contributed by atoms with Gasteiger partial charge in [-0.05, 0) is 35.7 Å². The fraction of sp³-hybridized carbons (Fsp3) is 0.296. The number of carbonyl (C=O) groups is 2. The zero-order chi connectivity index (χ0) is 23.4. The van der Waals surface area contributed by atoms with Crippen molar-refractivity contribution in [2.45, 2.75) is 18.9 Å². The van der Waals surface area contributed by atoms with Crippen LogP contribution in [0.3, 0.4) is 0 Å². The van der Waals surface area contributed by atoms with Crippen LogP contribution in [0.4, 0.5) is 0 Å². The van der Waals surface area contributed by atoms with Gasteiger partial charge < -0.3 is 14.5 Å². The van der Waals surface area contributed by atoms with Crippen LogP contribution in [0.25, 0.3) is 11.1 Å². The Morgan fingerprint density at radius 1 is 1.03 bits per heavy atom. The van der Waals surface area contributed by atoms with Crippen LogP contribution in [0.2, 0.25) is 0 Å². The second-order valence-electron chi connectivity index (χ2n) is 8.73. The fourth-order valence-corrected chi connectivity index (χ4v) is 4.26. The van der Waals surface area contributed by atoms with Crippen LogP contribution in [0.1, 0.15) is 21.6 Å². The van der Waals surface area contributed by atoms with E-state index in [4.69, 9.17) is 4.74 Å². The van der Waals surface area contributed by atoms with E-state index in [9.17, 15) is 9.59 Å². The summed E-state index contributed by atoms with van der Waals surface area (Å²) in [5.41, 5.74) is 3.60. The van der Waals surface area contributed by atoms with Gasteiger partial charge in [0.05, 0.1) is 13.2 Å². The van der Waals surface area contributed by atoms with Gasteiger partial charge in [-0.15, -0.1) is 0 Å². The third-order valence-corrected chi connectivity index (χ3v) is 5.95. The standard InChI is InChI=1S/C27H29N3O3/c1-20-10-12-22(13-11-20)23-8-6-7-21(17-23)18-27(26(32)29(2)3)19-30(15-16-33-27)25(31)24-9-4-5-14-28-24/h4-14,17H,15-16,18-19H2,1-3H3/t27-/m1/s1. The van der Waals surface area contributed by atoms with Crippen LogP contribution in [0.15, 0.2) is 72.9 Å². The number of pyridine rings is 1. The second kappa shape index (κ2) is 9.55. The number of aromatic nitrogens is 1. The van der Waals surface area contributed by atoms with Gasteiger partial charge in [-0.1, -0.05) is 60.2 Å². The van der Waals surface area contributed by atoms with Crippen molar-refractivity contribution in [3.63, 3.8) is 0 Å². The molecule has 0 saturated carbocycles. The lowest BCUT2D eigenvalue weighted by atomic mass is 9.89. The molecule has 2 aromatic carbocycles. The molecule has 0 bridgehead atoms. The Morgan fingerprint density at radius 3 is 2.52 bits per heavy atom. The number of nitrogens with zero attached hydrogens (tertiary/aromatic N) is 3. The van der Waals surface area contributed by atoms with Crippen LogP contribution in [-0.4, -0.2) is 66.0 Å². The third-order valence-electron chi connectivity index (χ3n) is 5.95. The molecule has 6 heteroatoms. The zero-order valence-electron chi connectivity index (χ0n) is 19.3. The molecule has 3 aromatic rings. The van der Waals surface area contributed by atoms with Gasteiger partial charge in [0.15, 0.2) is 5.60 Å². The van der Waals surface area contributed by atoms with Crippen molar-refractivity contribution >= 4 is 11.8 Å². The molecule has 33 heavy (non-hydrogen) atoms. The summed E-state index contributed by atoms with van der Waals surface area (Å²) in [6, 6.07) is 21.8. The molecule has 2 amide bonds. The molecule has 0 radical (unpaired) electrons. The van der Waals surface area contributed by atoms with E-state index in [1.54, 1.807) is 48.3 Å². The van der Waals surface area contributed by atoms with Crippen molar-refractivity contribution < 1.29 is 14.3 Å². The number of aryl methyl sites for hydroxylation is 1. The van der Waals surface area contributed by atoms with Crippen LogP contribution in [0, 0.1) is 6.92 Å². The van der Waals surface area contributed by atoms with E-state index >= 15 is 0 Å². The van der Waals surface area contributed by atoms with Crippen molar-refractivity contribution in [1.29, 1.82) is 0 Å². The lowest BCUT2D eigenvalue weighted by Crippen LogP contribution is -2.61. The van der Waals surface area contributed by atoms with Gasteiger partial charge in [0.25, 0.3) is 11.8 Å². The Labute approximate surface area is 194 Å². The molecule has 1 aliphatic heterocycles. The highest BCUT2D eigenvalue weighted by molar-refractivity contribution is 5.93. The number of likely N-dealkylation sites (N-methyl/N-ethyl adjacent to an activating group) is 1. The van der Waals surface area contributed by atoms with Gasteiger partial charge in [0.2, 0.25) is 0 Å². The first-order valence-corrected chi connectivity index (χ1v) is 11.1. The van der Waals surface area contributed by atoms with Gasteiger partial charge in [0.1, 0.15) is 5.69 Å². The number of ether oxygens (including phenoxy) is 1. The molecule has 2 heterocycles. The van der Waals surface area contributed by atoms with Crippen molar-refractivity contribution in [3.05, 3.63) is 89.7 Å². The maximum absolute atomic E-state index is 13.4. The lowest BCUT2D eigenvalue weighted by Gasteiger charge is -2.42. The van der Waals surface area contributed by atoms with E-state index in [2.05, 4.69) is 48.3 Å². The molecule has 0 unspecified atom stereocenters. The smallest absolute Gasteiger partial charge is 0.272 e. The van der Waals surface area contributed by atoms with Gasteiger partial charge >= 0.3 is 0 Å². The summed E-state index contributed by atoms with van der Waals surface area (Å²) in [4.78, 5) is 33.9. The Hall–Kier alpha value is -3.51. The molecule has 0 spiro atoms. The van der Waals surface area contributed by atoms with Gasteiger partial charge in [-0.3, -0.25) is 14.6 Å². The van der Waals surface area contributed by atoms with Crippen molar-refractivity contribution in [2.24, 2.45) is 0 Å². The molecule has 6 nitrogen and oxygen atoms in total. The first kappa shape index (κ1) is 22.7. The first-order chi connectivity index (χ1) is 15.9. The first-order valence-electron chi connectivity index (χ1n) is 11.1. The summed E-state index contributed by atoms with van der Waals surface area (Å²) in [7, 11) is 3.44. The average molecular weight is 444 g/mol. The summed E-state index contributed by atoms with van der Waals surface area (Å²) in [6.07, 6.45) is 1.97. The Bertz CT molecular complexity index is 1130. The molecule has 4 rings (SSSR count). The molecular weight excluding hydrogens is 414 g/mol. The normalized spacial score (nSPS) is 18.1. The van der Waals surface area contributed by atoms with Crippen LogP contribution < -0.4 is 0 Å². The minimum atomic E-state index is -1.15. The van der Waals surface area contributed by atoms with Gasteiger partial charge in [-0.2, -0.15) is 0 Å². The highest BCUT2D eigenvalue weighted by atomic mass is 16.5. The van der Waals surface area contributed by atoms with Crippen LogP contribution >= 0.6 is 0 Å². The molecule has 1 saturated heterocycles. The zero-order valence-corrected chi connectivity index (χ0v) is 19.3.